The van der Waals surface area contributed by atoms with E-state index in [0.29, 0.717) is 32.9 Å². The third-order valence-corrected chi connectivity index (χ3v) is 4.08. The van der Waals surface area contributed by atoms with Crippen molar-refractivity contribution in [1.82, 2.24) is 0 Å². The van der Waals surface area contributed by atoms with E-state index in [1.807, 2.05) is 0 Å². The number of thiophene rings is 1. The second-order valence-corrected chi connectivity index (χ2v) is 5.27. The minimum absolute atomic E-state index is 0.111. The average Bonchev–Trinajstić information content (AvgIpc) is 3.06. The van der Waals surface area contributed by atoms with Crippen LogP contribution in [-0.2, 0) is 0 Å². The quantitative estimate of drug-likeness (QED) is 0.745. The highest BCUT2D eigenvalue weighted by Gasteiger charge is 2.19. The SMILES string of the molecule is Nc1oc2ccsc2c(=O)c1-c1ccc2c(c1)OCO2. The number of nitrogens with two attached hydrogens (primary N) is 1. The smallest absolute Gasteiger partial charge is 0.231 e. The van der Waals surface area contributed by atoms with Gasteiger partial charge in [-0.3, -0.25) is 4.79 Å². The van der Waals surface area contributed by atoms with Crippen LogP contribution in [0.25, 0.3) is 21.4 Å². The van der Waals surface area contributed by atoms with Crippen LogP contribution in [0, 0.1) is 0 Å². The van der Waals surface area contributed by atoms with Crippen LogP contribution in [0.3, 0.4) is 0 Å². The Balaban J connectivity index is 2.00. The van der Waals surface area contributed by atoms with E-state index in [0.717, 1.165) is 0 Å². The van der Waals surface area contributed by atoms with Crippen molar-refractivity contribution in [3.63, 3.8) is 0 Å². The summed E-state index contributed by atoms with van der Waals surface area (Å²) in [6.07, 6.45) is 0. The summed E-state index contributed by atoms with van der Waals surface area (Å²) < 4.78 is 16.6. The standard InChI is InChI=1S/C14H9NO4S/c15-14-11(12(16)13-9(19-14)3-4-20-13)7-1-2-8-10(5-7)18-6-17-8/h1-5H,6,15H2. The van der Waals surface area contributed by atoms with E-state index in [2.05, 4.69) is 0 Å². The predicted octanol–water partition coefficient (Wildman–Crippen LogP) is 2.83. The Hall–Kier alpha value is -2.47. The predicted molar refractivity (Wildman–Crippen MR) is 76.3 cm³/mol. The fraction of sp³-hybridized carbons (Fsp3) is 0.0714. The fourth-order valence-corrected chi connectivity index (χ4v) is 3.03. The molecule has 5 nitrogen and oxygen atoms in total. The van der Waals surface area contributed by atoms with Gasteiger partial charge in [0, 0.05) is 0 Å². The molecule has 2 aromatic heterocycles. The van der Waals surface area contributed by atoms with E-state index in [-0.39, 0.29) is 18.1 Å². The molecule has 6 heteroatoms. The van der Waals surface area contributed by atoms with Gasteiger partial charge in [0.1, 0.15) is 4.70 Å². The molecule has 0 fully saturated rings. The first-order valence-electron chi connectivity index (χ1n) is 5.94. The molecule has 0 atom stereocenters. The van der Waals surface area contributed by atoms with Crippen molar-refractivity contribution in [2.45, 2.75) is 0 Å². The average molecular weight is 287 g/mol. The number of benzene rings is 1. The van der Waals surface area contributed by atoms with E-state index in [1.165, 1.54) is 11.3 Å². The lowest BCUT2D eigenvalue weighted by Crippen LogP contribution is -2.07. The lowest BCUT2D eigenvalue weighted by molar-refractivity contribution is 0.174. The number of rotatable bonds is 1. The van der Waals surface area contributed by atoms with Gasteiger partial charge in [0.15, 0.2) is 17.1 Å². The summed E-state index contributed by atoms with van der Waals surface area (Å²) in [5.41, 5.74) is 7.30. The molecule has 0 spiro atoms. The van der Waals surface area contributed by atoms with Gasteiger partial charge in [0.2, 0.25) is 18.1 Å². The van der Waals surface area contributed by atoms with Crippen LogP contribution in [0.5, 0.6) is 11.5 Å². The van der Waals surface area contributed by atoms with Crippen LogP contribution in [-0.4, -0.2) is 6.79 Å². The molecule has 4 rings (SSSR count). The van der Waals surface area contributed by atoms with Gasteiger partial charge in [-0.1, -0.05) is 6.07 Å². The molecule has 0 radical (unpaired) electrons. The number of hydrogen-bond acceptors (Lipinski definition) is 6. The molecule has 100 valence electrons. The highest BCUT2D eigenvalue weighted by Crippen LogP contribution is 2.37. The van der Waals surface area contributed by atoms with Crippen molar-refractivity contribution in [2.24, 2.45) is 0 Å². The summed E-state index contributed by atoms with van der Waals surface area (Å²) in [5, 5.41) is 1.80. The summed E-state index contributed by atoms with van der Waals surface area (Å²) in [5.74, 6) is 1.38. The van der Waals surface area contributed by atoms with Gasteiger partial charge in [-0.05, 0) is 29.1 Å². The molecule has 2 N–H and O–H groups in total. The van der Waals surface area contributed by atoms with Crippen molar-refractivity contribution in [2.75, 3.05) is 12.5 Å². The van der Waals surface area contributed by atoms with Crippen molar-refractivity contribution in [3.05, 3.63) is 39.9 Å². The second-order valence-electron chi connectivity index (χ2n) is 4.35. The minimum atomic E-state index is -0.127. The summed E-state index contributed by atoms with van der Waals surface area (Å²) in [4.78, 5) is 12.5. The van der Waals surface area contributed by atoms with E-state index in [1.54, 1.807) is 29.6 Å². The van der Waals surface area contributed by atoms with Gasteiger partial charge in [0.05, 0.1) is 5.56 Å². The molecular weight excluding hydrogens is 278 g/mol. The van der Waals surface area contributed by atoms with Crippen molar-refractivity contribution in [3.8, 4) is 22.6 Å². The summed E-state index contributed by atoms with van der Waals surface area (Å²) >= 11 is 1.34. The Labute approximate surface area is 117 Å². The molecule has 0 amide bonds. The third-order valence-electron chi connectivity index (χ3n) is 3.19. The molecule has 0 unspecified atom stereocenters. The van der Waals surface area contributed by atoms with Gasteiger partial charge in [-0.15, -0.1) is 11.3 Å². The lowest BCUT2D eigenvalue weighted by atomic mass is 10.1. The van der Waals surface area contributed by atoms with Crippen LogP contribution < -0.4 is 20.6 Å². The fourth-order valence-electron chi connectivity index (χ4n) is 2.26. The van der Waals surface area contributed by atoms with E-state index >= 15 is 0 Å². The Kier molecular flexibility index (Phi) is 2.28. The Morgan fingerprint density at radius 1 is 1.15 bits per heavy atom. The van der Waals surface area contributed by atoms with Crippen LogP contribution in [0.15, 0.2) is 38.9 Å². The molecular formula is C14H9NO4S. The van der Waals surface area contributed by atoms with Gasteiger partial charge < -0.3 is 19.6 Å². The minimum Gasteiger partial charge on any atom is -0.454 e. The second kappa shape index (κ2) is 4.01. The van der Waals surface area contributed by atoms with Gasteiger partial charge >= 0.3 is 0 Å². The zero-order chi connectivity index (χ0) is 13.7. The molecule has 1 aliphatic heterocycles. The lowest BCUT2D eigenvalue weighted by Gasteiger charge is -2.05. The topological polar surface area (TPSA) is 74.7 Å². The van der Waals surface area contributed by atoms with Crippen molar-refractivity contribution in [1.29, 1.82) is 0 Å². The van der Waals surface area contributed by atoms with Crippen LogP contribution in [0.2, 0.25) is 0 Å². The molecule has 0 aliphatic carbocycles. The highest BCUT2D eigenvalue weighted by molar-refractivity contribution is 7.17. The largest absolute Gasteiger partial charge is 0.454 e. The summed E-state index contributed by atoms with van der Waals surface area (Å²) in [6.45, 7) is 0.187. The maximum Gasteiger partial charge on any atom is 0.231 e. The molecule has 0 saturated heterocycles. The third kappa shape index (κ3) is 1.51. The zero-order valence-electron chi connectivity index (χ0n) is 10.2. The Morgan fingerprint density at radius 3 is 2.90 bits per heavy atom. The van der Waals surface area contributed by atoms with Crippen LogP contribution in [0.1, 0.15) is 0 Å². The molecule has 3 aromatic rings. The van der Waals surface area contributed by atoms with Crippen LogP contribution >= 0.6 is 11.3 Å². The van der Waals surface area contributed by atoms with Gasteiger partial charge in [-0.25, -0.2) is 0 Å². The number of anilines is 1. The summed E-state index contributed by atoms with van der Waals surface area (Å²) in [6, 6.07) is 7.01. The first-order chi connectivity index (χ1) is 9.74. The monoisotopic (exact) mass is 287 g/mol. The highest BCUT2D eigenvalue weighted by atomic mass is 32.1. The maximum atomic E-state index is 12.5. The van der Waals surface area contributed by atoms with Gasteiger partial charge in [0.25, 0.3) is 0 Å². The molecule has 0 bridgehead atoms. The molecule has 3 heterocycles. The van der Waals surface area contributed by atoms with Crippen molar-refractivity contribution >= 4 is 27.5 Å². The first kappa shape index (κ1) is 11.4. The Bertz CT molecular complexity index is 881. The zero-order valence-corrected chi connectivity index (χ0v) is 11.0. The number of fused-ring (bicyclic) bond motifs is 2. The molecule has 0 saturated carbocycles. The first-order valence-corrected chi connectivity index (χ1v) is 6.82. The van der Waals surface area contributed by atoms with Crippen LogP contribution in [0.4, 0.5) is 5.88 Å². The maximum absolute atomic E-state index is 12.5. The van der Waals surface area contributed by atoms with Crippen molar-refractivity contribution < 1.29 is 13.9 Å². The number of ether oxygens (including phenoxy) is 2. The number of nitrogen functional groups attached to an aromatic ring is 1. The Morgan fingerprint density at radius 2 is 2.00 bits per heavy atom. The molecule has 20 heavy (non-hydrogen) atoms. The van der Waals surface area contributed by atoms with E-state index in [4.69, 9.17) is 19.6 Å². The molecule has 1 aromatic carbocycles. The number of hydrogen-bond donors (Lipinski definition) is 1. The summed E-state index contributed by atoms with van der Waals surface area (Å²) in [7, 11) is 0. The van der Waals surface area contributed by atoms with Gasteiger partial charge in [-0.2, -0.15) is 0 Å². The van der Waals surface area contributed by atoms with E-state index in [9.17, 15) is 4.79 Å². The van der Waals surface area contributed by atoms with E-state index < -0.39 is 0 Å². The normalized spacial score (nSPS) is 13.0. The molecule has 1 aliphatic rings.